The van der Waals surface area contributed by atoms with Crippen molar-refractivity contribution in [3.63, 3.8) is 0 Å². The number of halogens is 5. The summed E-state index contributed by atoms with van der Waals surface area (Å²) in [6.07, 6.45) is 2.31. The molecule has 0 amide bonds. The van der Waals surface area contributed by atoms with Crippen molar-refractivity contribution >= 4 is 0 Å². The predicted molar refractivity (Wildman–Crippen MR) is 102 cm³/mol. The predicted octanol–water partition coefficient (Wildman–Crippen LogP) is 9.08. The number of hydrogen-bond acceptors (Lipinski definition) is 0. The summed E-state index contributed by atoms with van der Waals surface area (Å²) in [4.78, 5) is 0. The van der Waals surface area contributed by atoms with Gasteiger partial charge in [-0.2, -0.15) is 13.2 Å². The summed E-state index contributed by atoms with van der Waals surface area (Å²) in [7, 11) is 0.500. The summed E-state index contributed by atoms with van der Waals surface area (Å²) >= 11 is 0. The van der Waals surface area contributed by atoms with Crippen molar-refractivity contribution in [1.29, 1.82) is 0 Å². The molecule has 158 valence electrons. The van der Waals surface area contributed by atoms with Crippen molar-refractivity contribution in [3.05, 3.63) is 0 Å². The number of rotatable bonds is 7. The zero-order valence-electron chi connectivity index (χ0n) is 18.0. The molecule has 0 rings (SSSR count). The molecule has 0 atom stereocenters. The molecule has 0 unspecified atom stereocenters. The third-order valence-corrected chi connectivity index (χ3v) is 4.85. The lowest BCUT2D eigenvalue weighted by Crippen LogP contribution is -2.33. The molecule has 0 aliphatic rings. The molecule has 25 heavy (non-hydrogen) atoms. The van der Waals surface area contributed by atoms with Gasteiger partial charge in [0.1, 0.15) is 5.67 Å². The maximum atomic E-state index is 13.0. The van der Waals surface area contributed by atoms with Crippen LogP contribution in [0.15, 0.2) is 0 Å². The van der Waals surface area contributed by atoms with Gasteiger partial charge in [0.25, 0.3) is 0 Å². The molecule has 0 saturated carbocycles. The van der Waals surface area contributed by atoms with Gasteiger partial charge in [0, 0.05) is 0 Å². The third kappa shape index (κ3) is 16.8. The lowest BCUT2D eigenvalue weighted by molar-refractivity contribution is -0.220. The molecule has 0 aromatic carbocycles. The van der Waals surface area contributed by atoms with E-state index in [0.717, 1.165) is 0 Å². The Kier molecular flexibility index (Phi) is 23.9. The summed E-state index contributed by atoms with van der Waals surface area (Å²) in [5.74, 6) is 0. The highest BCUT2D eigenvalue weighted by molar-refractivity contribution is 4.78. The van der Waals surface area contributed by atoms with E-state index in [2.05, 4.69) is 13.8 Å². The Balaban J connectivity index is -0.000000132. The molecule has 0 N–H and O–H groups in total. The minimum atomic E-state index is -4.05. The molecule has 0 spiro atoms. The van der Waals surface area contributed by atoms with Gasteiger partial charge in [0.15, 0.2) is 0 Å². The van der Waals surface area contributed by atoms with Crippen molar-refractivity contribution in [3.8, 4) is 0 Å². The fraction of sp³-hybridized carbons (Fsp3) is 1.00. The Bertz CT molecular complexity index is 231. The molecular formula is C20H43F5. The standard InChI is InChI=1S/C7H13F3.C7H15F.C5H12.CH3F/c1-4-6(3,5-2)7(8,9)10;1-4-7(8,5-2)6-3;1-3-5-4-2;1-2/h4-5H2,1-3H3;4-6H2,1-3H3;3-5H2,1-2H3;1H3. The van der Waals surface area contributed by atoms with Crippen molar-refractivity contribution in [1.82, 2.24) is 0 Å². The first-order valence-corrected chi connectivity index (χ1v) is 9.60. The van der Waals surface area contributed by atoms with Gasteiger partial charge >= 0.3 is 6.18 Å². The Morgan fingerprint density at radius 2 is 0.840 bits per heavy atom. The SMILES string of the molecule is CCC(C)(CC)C(F)(F)F.CCC(F)(CC)CC.CCCCC.CF. The Morgan fingerprint density at radius 3 is 0.840 bits per heavy atom. The highest BCUT2D eigenvalue weighted by Crippen LogP contribution is 2.42. The van der Waals surface area contributed by atoms with E-state index >= 15 is 0 Å². The van der Waals surface area contributed by atoms with Crippen LogP contribution in [0.5, 0.6) is 0 Å². The first-order valence-electron chi connectivity index (χ1n) is 9.60. The van der Waals surface area contributed by atoms with Crippen LogP contribution in [0, 0.1) is 5.41 Å². The normalized spacial score (nSPS) is 11.3. The van der Waals surface area contributed by atoms with Gasteiger partial charge in [0.05, 0.1) is 12.6 Å². The molecule has 0 aromatic rings. The van der Waals surface area contributed by atoms with E-state index in [9.17, 15) is 22.0 Å². The lowest BCUT2D eigenvalue weighted by atomic mass is 9.84. The maximum absolute atomic E-state index is 13.0. The van der Waals surface area contributed by atoms with Gasteiger partial charge in [-0.3, -0.25) is 4.39 Å². The summed E-state index contributed by atoms with van der Waals surface area (Å²) in [6.45, 7) is 14.5. The van der Waals surface area contributed by atoms with Gasteiger partial charge in [-0.15, -0.1) is 0 Å². The molecule has 5 heteroatoms. The highest BCUT2D eigenvalue weighted by Gasteiger charge is 2.47. The first-order chi connectivity index (χ1) is 11.5. The summed E-state index contributed by atoms with van der Waals surface area (Å²) in [5, 5.41) is 0. The van der Waals surface area contributed by atoms with Crippen LogP contribution in [-0.2, 0) is 0 Å². The van der Waals surface area contributed by atoms with E-state index in [4.69, 9.17) is 0 Å². The fourth-order valence-electron chi connectivity index (χ4n) is 1.75. The smallest absolute Gasteiger partial charge is 0.255 e. The summed E-state index contributed by atoms with van der Waals surface area (Å²) in [6, 6.07) is 0. The third-order valence-electron chi connectivity index (χ3n) is 4.85. The van der Waals surface area contributed by atoms with E-state index < -0.39 is 17.3 Å². The maximum Gasteiger partial charge on any atom is 0.394 e. The molecule has 0 bridgehead atoms. The number of unbranched alkanes of at least 4 members (excludes halogenated alkanes) is 2. The molecule has 0 radical (unpaired) electrons. The van der Waals surface area contributed by atoms with Crippen LogP contribution in [0.4, 0.5) is 22.0 Å². The molecule has 0 aromatic heterocycles. The van der Waals surface area contributed by atoms with Crippen molar-refractivity contribution in [2.24, 2.45) is 5.41 Å². The van der Waals surface area contributed by atoms with Crippen LogP contribution in [0.1, 0.15) is 107 Å². The summed E-state index contributed by atoms with van der Waals surface area (Å²) < 4.78 is 58.8. The second-order valence-corrected chi connectivity index (χ2v) is 6.33. The van der Waals surface area contributed by atoms with Crippen LogP contribution in [0.25, 0.3) is 0 Å². The lowest BCUT2D eigenvalue weighted by Gasteiger charge is -2.29. The van der Waals surface area contributed by atoms with E-state index in [-0.39, 0.29) is 12.8 Å². The minimum absolute atomic E-state index is 0.160. The van der Waals surface area contributed by atoms with Gasteiger partial charge in [-0.05, 0) is 32.1 Å². The van der Waals surface area contributed by atoms with Gasteiger partial charge in [-0.1, -0.05) is 74.7 Å². The minimum Gasteiger partial charge on any atom is -0.255 e. The van der Waals surface area contributed by atoms with Crippen molar-refractivity contribution in [2.45, 2.75) is 119 Å². The zero-order chi connectivity index (χ0) is 21.2. The summed E-state index contributed by atoms with van der Waals surface area (Å²) in [5.41, 5.74) is -2.35. The van der Waals surface area contributed by atoms with Gasteiger partial charge < -0.3 is 0 Å². The average molecular weight is 379 g/mol. The van der Waals surface area contributed by atoms with Crippen molar-refractivity contribution in [2.75, 3.05) is 7.18 Å². The van der Waals surface area contributed by atoms with Crippen LogP contribution in [0.2, 0.25) is 0 Å². The van der Waals surface area contributed by atoms with Crippen LogP contribution >= 0.6 is 0 Å². The molecule has 0 saturated heterocycles. The van der Waals surface area contributed by atoms with Crippen LogP contribution < -0.4 is 0 Å². The van der Waals surface area contributed by atoms with E-state index in [1.165, 1.54) is 26.2 Å². The molecule has 0 aliphatic carbocycles. The topological polar surface area (TPSA) is 0 Å². The van der Waals surface area contributed by atoms with E-state index in [1.807, 2.05) is 20.8 Å². The average Bonchev–Trinajstić information content (AvgIpc) is 2.62. The quantitative estimate of drug-likeness (QED) is 0.387. The molecular weight excluding hydrogens is 335 g/mol. The Morgan fingerprint density at radius 1 is 0.560 bits per heavy atom. The zero-order valence-corrected chi connectivity index (χ0v) is 18.0. The first kappa shape index (κ1) is 32.3. The number of hydrogen-bond donors (Lipinski definition) is 0. The highest BCUT2D eigenvalue weighted by atomic mass is 19.4. The fourth-order valence-corrected chi connectivity index (χ4v) is 1.75. The molecule has 0 heterocycles. The molecule has 0 aliphatic heterocycles. The second-order valence-electron chi connectivity index (χ2n) is 6.33. The van der Waals surface area contributed by atoms with Crippen molar-refractivity contribution < 1.29 is 22.0 Å². The van der Waals surface area contributed by atoms with E-state index in [0.29, 0.717) is 26.4 Å². The van der Waals surface area contributed by atoms with Crippen LogP contribution in [-0.4, -0.2) is 19.0 Å². The monoisotopic (exact) mass is 378 g/mol. The van der Waals surface area contributed by atoms with E-state index in [1.54, 1.807) is 13.8 Å². The van der Waals surface area contributed by atoms with Gasteiger partial charge in [-0.25, -0.2) is 4.39 Å². The van der Waals surface area contributed by atoms with Crippen LogP contribution in [0.3, 0.4) is 0 Å². The molecule has 0 fully saturated rings. The molecule has 0 nitrogen and oxygen atoms in total. The van der Waals surface area contributed by atoms with Gasteiger partial charge in [0.2, 0.25) is 0 Å². The largest absolute Gasteiger partial charge is 0.394 e. The second kappa shape index (κ2) is 18.4. The Labute approximate surface area is 154 Å². The Hall–Kier alpha value is -0.350. The number of alkyl halides is 5.